The van der Waals surface area contributed by atoms with E-state index >= 15 is 0 Å². The Kier molecular flexibility index (Phi) is 5.49. The van der Waals surface area contributed by atoms with Crippen molar-refractivity contribution in [3.63, 3.8) is 0 Å². The SMILES string of the molecule is CC(NS(=O)(=O)c1cc2sc(C(=O)O)cc2s1)c1ccc(C(F)(F)F)c(Cl)c1. The van der Waals surface area contributed by atoms with Gasteiger partial charge in [0.05, 0.1) is 10.6 Å². The first-order valence-corrected chi connectivity index (χ1v) is 11.0. The zero-order valence-electron chi connectivity index (χ0n) is 13.9. The predicted octanol–water partition coefficient (Wildman–Crippen LogP) is 5.37. The largest absolute Gasteiger partial charge is 0.477 e. The summed E-state index contributed by atoms with van der Waals surface area (Å²) >= 11 is 7.55. The number of alkyl halides is 3. The molecular weight excluding hydrogens is 459 g/mol. The van der Waals surface area contributed by atoms with E-state index in [1.807, 2.05) is 0 Å². The van der Waals surface area contributed by atoms with Crippen molar-refractivity contribution in [3.8, 4) is 0 Å². The van der Waals surface area contributed by atoms with Crippen LogP contribution in [0.3, 0.4) is 0 Å². The van der Waals surface area contributed by atoms with E-state index in [1.54, 1.807) is 0 Å². The summed E-state index contributed by atoms with van der Waals surface area (Å²) < 4.78 is 67.0. The number of carboxylic acid groups (broad SMARTS) is 1. The van der Waals surface area contributed by atoms with Gasteiger partial charge in [0.25, 0.3) is 10.0 Å². The third kappa shape index (κ3) is 4.18. The van der Waals surface area contributed by atoms with Crippen LogP contribution < -0.4 is 4.72 Å². The summed E-state index contributed by atoms with van der Waals surface area (Å²) in [4.78, 5) is 11.1. The highest BCUT2D eigenvalue weighted by Gasteiger charge is 2.33. The molecule has 2 N–H and O–H groups in total. The fourth-order valence-corrected chi connectivity index (χ4v) is 6.62. The van der Waals surface area contributed by atoms with E-state index in [4.69, 9.17) is 16.7 Å². The maximum absolute atomic E-state index is 12.8. The maximum Gasteiger partial charge on any atom is 0.417 e. The first-order chi connectivity index (χ1) is 12.9. The number of thiophene rings is 2. The monoisotopic (exact) mass is 469 g/mol. The average molecular weight is 470 g/mol. The lowest BCUT2D eigenvalue weighted by molar-refractivity contribution is -0.137. The molecule has 0 spiro atoms. The van der Waals surface area contributed by atoms with E-state index in [9.17, 15) is 26.4 Å². The second-order valence-electron chi connectivity index (χ2n) is 5.79. The maximum atomic E-state index is 12.8. The van der Waals surface area contributed by atoms with Gasteiger partial charge in [0, 0.05) is 15.4 Å². The molecule has 0 aliphatic rings. The van der Waals surface area contributed by atoms with Gasteiger partial charge in [-0.3, -0.25) is 0 Å². The van der Waals surface area contributed by atoms with Crippen LogP contribution in [0.25, 0.3) is 9.40 Å². The first-order valence-electron chi connectivity index (χ1n) is 7.54. The van der Waals surface area contributed by atoms with Crippen LogP contribution in [0.15, 0.2) is 34.5 Å². The molecule has 0 fully saturated rings. The molecular formula is C16H11ClF3NO4S3. The van der Waals surface area contributed by atoms with Crippen LogP contribution in [0.4, 0.5) is 13.2 Å². The van der Waals surface area contributed by atoms with Crippen molar-refractivity contribution in [1.82, 2.24) is 4.72 Å². The van der Waals surface area contributed by atoms with Crippen molar-refractivity contribution in [3.05, 3.63) is 51.4 Å². The van der Waals surface area contributed by atoms with Crippen molar-refractivity contribution in [1.29, 1.82) is 0 Å². The molecule has 1 aromatic carbocycles. The number of carbonyl (C=O) groups is 1. The molecule has 0 saturated carbocycles. The Hall–Kier alpha value is -1.66. The van der Waals surface area contributed by atoms with Crippen molar-refractivity contribution in [2.45, 2.75) is 23.4 Å². The summed E-state index contributed by atoms with van der Waals surface area (Å²) in [5.74, 6) is -1.09. The Morgan fingerprint density at radius 1 is 1.18 bits per heavy atom. The third-order valence-electron chi connectivity index (χ3n) is 3.79. The Bertz CT molecular complexity index is 1140. The predicted molar refractivity (Wildman–Crippen MR) is 102 cm³/mol. The Labute approximate surface area is 170 Å². The van der Waals surface area contributed by atoms with Crippen molar-refractivity contribution >= 4 is 59.7 Å². The van der Waals surface area contributed by atoms with Crippen LogP contribution in [0.1, 0.15) is 33.8 Å². The lowest BCUT2D eigenvalue weighted by Crippen LogP contribution is -2.26. The number of nitrogens with one attached hydrogen (secondary N) is 1. The minimum absolute atomic E-state index is 0.0180. The van der Waals surface area contributed by atoms with E-state index in [0.29, 0.717) is 9.40 Å². The van der Waals surface area contributed by atoms with E-state index in [-0.39, 0.29) is 14.6 Å². The quantitative estimate of drug-likeness (QED) is 0.526. The molecule has 3 rings (SSSR count). The molecule has 0 radical (unpaired) electrons. The molecule has 1 atom stereocenters. The topological polar surface area (TPSA) is 83.5 Å². The molecule has 12 heteroatoms. The molecule has 0 amide bonds. The lowest BCUT2D eigenvalue weighted by Gasteiger charge is -2.16. The van der Waals surface area contributed by atoms with Crippen molar-refractivity contribution in [2.24, 2.45) is 0 Å². The van der Waals surface area contributed by atoms with Gasteiger partial charge in [-0.1, -0.05) is 17.7 Å². The highest BCUT2D eigenvalue weighted by Crippen LogP contribution is 2.37. The summed E-state index contributed by atoms with van der Waals surface area (Å²) in [6, 6.07) is 4.96. The van der Waals surface area contributed by atoms with Crippen molar-refractivity contribution in [2.75, 3.05) is 0 Å². The van der Waals surface area contributed by atoms with Gasteiger partial charge in [0.2, 0.25) is 0 Å². The van der Waals surface area contributed by atoms with Crippen LogP contribution in [-0.4, -0.2) is 19.5 Å². The van der Waals surface area contributed by atoms with E-state index in [1.165, 1.54) is 19.1 Å². The normalized spacial score (nSPS) is 13.8. The van der Waals surface area contributed by atoms with Crippen LogP contribution in [-0.2, 0) is 16.2 Å². The third-order valence-corrected chi connectivity index (χ3v) is 8.40. The highest BCUT2D eigenvalue weighted by atomic mass is 35.5. The van der Waals surface area contributed by atoms with Crippen LogP contribution in [0.5, 0.6) is 0 Å². The summed E-state index contributed by atoms with van der Waals surface area (Å²) in [5, 5.41) is 8.45. The molecule has 5 nitrogen and oxygen atoms in total. The molecule has 1 unspecified atom stereocenters. The number of rotatable bonds is 5. The highest BCUT2D eigenvalue weighted by molar-refractivity contribution is 7.91. The number of hydrogen-bond acceptors (Lipinski definition) is 5. The molecule has 2 aromatic heterocycles. The average Bonchev–Trinajstić information content (AvgIpc) is 3.12. The Balaban J connectivity index is 1.84. The number of halogens is 4. The fourth-order valence-electron chi connectivity index (χ4n) is 2.44. The number of sulfonamides is 1. The smallest absolute Gasteiger partial charge is 0.417 e. The molecule has 150 valence electrons. The van der Waals surface area contributed by atoms with Gasteiger partial charge in [-0.05, 0) is 36.8 Å². The number of fused-ring (bicyclic) bond motifs is 1. The molecule has 0 aliphatic carbocycles. The van der Waals surface area contributed by atoms with Gasteiger partial charge < -0.3 is 5.11 Å². The van der Waals surface area contributed by atoms with Gasteiger partial charge >= 0.3 is 12.1 Å². The molecule has 3 aromatic rings. The zero-order chi connectivity index (χ0) is 20.9. The number of benzene rings is 1. The zero-order valence-corrected chi connectivity index (χ0v) is 17.1. The van der Waals surface area contributed by atoms with Gasteiger partial charge in [-0.25, -0.2) is 17.9 Å². The minimum Gasteiger partial charge on any atom is -0.477 e. The summed E-state index contributed by atoms with van der Waals surface area (Å²) in [6.07, 6.45) is -4.60. The fraction of sp³-hybridized carbons (Fsp3) is 0.188. The first kappa shape index (κ1) is 21.1. The molecule has 0 aliphatic heterocycles. The molecule has 2 heterocycles. The number of aromatic carboxylic acids is 1. The van der Waals surface area contributed by atoms with Gasteiger partial charge in [-0.2, -0.15) is 13.2 Å². The Morgan fingerprint density at radius 2 is 1.82 bits per heavy atom. The second-order valence-corrected chi connectivity index (χ2v) is 10.3. The van der Waals surface area contributed by atoms with Crippen LogP contribution in [0, 0.1) is 0 Å². The van der Waals surface area contributed by atoms with Crippen LogP contribution in [0.2, 0.25) is 5.02 Å². The minimum atomic E-state index is -4.60. The number of hydrogen-bond donors (Lipinski definition) is 2. The van der Waals surface area contributed by atoms with E-state index in [2.05, 4.69) is 4.72 Å². The number of carboxylic acids is 1. The standard InChI is InChI=1S/C16H11ClF3NO4S3/c1-7(8-2-3-9(10(17)4-8)16(18,19)20)21-28(24,25)14-6-12-11(27-14)5-13(26-12)15(22)23/h2-7,21H,1H3,(H,22,23). The van der Waals surface area contributed by atoms with Crippen LogP contribution >= 0.6 is 34.3 Å². The van der Waals surface area contributed by atoms with E-state index < -0.39 is 38.8 Å². The van der Waals surface area contributed by atoms with E-state index in [0.717, 1.165) is 40.9 Å². The van der Waals surface area contributed by atoms with Crippen molar-refractivity contribution < 1.29 is 31.5 Å². The Morgan fingerprint density at radius 3 is 2.36 bits per heavy atom. The summed E-state index contributed by atoms with van der Waals surface area (Å²) in [7, 11) is -3.96. The second kappa shape index (κ2) is 7.30. The molecule has 28 heavy (non-hydrogen) atoms. The van der Waals surface area contributed by atoms with Gasteiger partial charge in [0.15, 0.2) is 0 Å². The summed E-state index contributed by atoms with van der Waals surface area (Å²) in [6.45, 7) is 1.48. The molecule has 0 saturated heterocycles. The summed E-state index contributed by atoms with van der Waals surface area (Å²) in [5.41, 5.74) is -0.728. The molecule has 0 bridgehead atoms. The lowest BCUT2D eigenvalue weighted by atomic mass is 10.1. The van der Waals surface area contributed by atoms with Gasteiger partial charge in [-0.15, -0.1) is 22.7 Å². The van der Waals surface area contributed by atoms with Gasteiger partial charge in [0.1, 0.15) is 9.09 Å².